The third-order valence-electron chi connectivity index (χ3n) is 2.37. The van der Waals surface area contributed by atoms with Crippen molar-refractivity contribution < 1.29 is 5.11 Å². The van der Waals surface area contributed by atoms with Crippen LogP contribution < -0.4 is 0 Å². The van der Waals surface area contributed by atoms with Crippen molar-refractivity contribution in [2.75, 3.05) is 0 Å². The first-order valence-corrected chi connectivity index (χ1v) is 5.71. The zero-order valence-corrected chi connectivity index (χ0v) is 9.90. The Labute approximate surface area is 91.3 Å². The first-order valence-electron chi connectivity index (χ1n) is 5.71. The highest BCUT2D eigenvalue weighted by Gasteiger charge is 2.12. The van der Waals surface area contributed by atoms with Gasteiger partial charge in [-0.2, -0.15) is 0 Å². The molecular weight excluding hydrogens is 190 g/mol. The summed E-state index contributed by atoms with van der Waals surface area (Å²) in [5.41, 5.74) is 1.84. The molecule has 0 bridgehead atoms. The van der Waals surface area contributed by atoms with Gasteiger partial charge in [0.1, 0.15) is 5.69 Å². The molecule has 0 amide bonds. The maximum Gasteiger partial charge on any atom is 0.111 e. The van der Waals surface area contributed by atoms with Crippen molar-refractivity contribution in [3.63, 3.8) is 0 Å². The molecule has 0 spiro atoms. The average Bonchev–Trinajstić information content (AvgIpc) is 2.56. The largest absolute Gasteiger partial charge is 0.390 e. The summed E-state index contributed by atoms with van der Waals surface area (Å²) in [6.07, 6.45) is 3.24. The minimum Gasteiger partial charge on any atom is -0.390 e. The number of aromatic nitrogens is 3. The number of hydrogen-bond acceptors (Lipinski definition) is 3. The van der Waals surface area contributed by atoms with E-state index in [9.17, 15) is 0 Å². The van der Waals surface area contributed by atoms with Gasteiger partial charge in [-0.3, -0.25) is 0 Å². The quantitative estimate of drug-likeness (QED) is 0.780. The maximum atomic E-state index is 9.15. The number of nitrogens with zero attached hydrogens (tertiary/aromatic N) is 3. The summed E-state index contributed by atoms with van der Waals surface area (Å²) in [5, 5.41) is 17.2. The fourth-order valence-electron chi connectivity index (χ4n) is 1.60. The smallest absolute Gasteiger partial charge is 0.111 e. The third-order valence-corrected chi connectivity index (χ3v) is 2.37. The normalized spacial score (nSPS) is 11.3. The van der Waals surface area contributed by atoms with E-state index in [2.05, 4.69) is 31.1 Å². The van der Waals surface area contributed by atoms with Crippen LogP contribution in [0.4, 0.5) is 0 Å². The molecule has 0 saturated carbocycles. The highest BCUT2D eigenvalue weighted by atomic mass is 16.3. The van der Waals surface area contributed by atoms with Gasteiger partial charge < -0.3 is 5.11 Å². The number of unbranched alkanes of at least 4 members (excludes halogenated alkanes) is 1. The highest BCUT2D eigenvalue weighted by Crippen LogP contribution is 2.11. The number of hydrogen-bond donors (Lipinski definition) is 1. The summed E-state index contributed by atoms with van der Waals surface area (Å²) in [7, 11) is 0. The number of aliphatic hydroxyl groups is 1. The maximum absolute atomic E-state index is 9.15. The Hall–Kier alpha value is -0.900. The lowest BCUT2D eigenvalue weighted by Gasteiger charge is -2.09. The van der Waals surface area contributed by atoms with Crippen molar-refractivity contribution in [1.29, 1.82) is 0 Å². The van der Waals surface area contributed by atoms with E-state index in [0.717, 1.165) is 37.2 Å². The van der Waals surface area contributed by atoms with Crippen LogP contribution in [0, 0.1) is 5.92 Å². The molecule has 4 nitrogen and oxygen atoms in total. The zero-order valence-electron chi connectivity index (χ0n) is 9.90. The second-order valence-corrected chi connectivity index (χ2v) is 4.32. The van der Waals surface area contributed by atoms with Gasteiger partial charge in [-0.15, -0.1) is 5.10 Å². The van der Waals surface area contributed by atoms with Crippen LogP contribution in [0.25, 0.3) is 0 Å². The lowest BCUT2D eigenvalue weighted by Crippen LogP contribution is -2.10. The Balaban J connectivity index is 2.79. The van der Waals surface area contributed by atoms with Gasteiger partial charge >= 0.3 is 0 Å². The van der Waals surface area contributed by atoms with E-state index in [1.165, 1.54) is 0 Å². The van der Waals surface area contributed by atoms with Crippen LogP contribution in [0.5, 0.6) is 0 Å². The van der Waals surface area contributed by atoms with Crippen LogP contribution in [0.15, 0.2) is 0 Å². The van der Waals surface area contributed by atoms with E-state index >= 15 is 0 Å². The summed E-state index contributed by atoms with van der Waals surface area (Å²) < 4.78 is 1.94. The lowest BCUT2D eigenvalue weighted by atomic mass is 10.1. The molecule has 1 heterocycles. The van der Waals surface area contributed by atoms with Crippen molar-refractivity contribution in [3.05, 3.63) is 11.4 Å². The molecule has 0 aromatic carbocycles. The predicted molar refractivity (Wildman–Crippen MR) is 59.4 cm³/mol. The van der Waals surface area contributed by atoms with Crippen LogP contribution in [-0.2, 0) is 19.6 Å². The monoisotopic (exact) mass is 211 g/mol. The summed E-state index contributed by atoms with van der Waals surface area (Å²) in [4.78, 5) is 0. The van der Waals surface area contributed by atoms with E-state index in [0.29, 0.717) is 5.92 Å². The molecule has 0 radical (unpaired) electrons. The number of rotatable bonds is 6. The van der Waals surface area contributed by atoms with Crippen molar-refractivity contribution >= 4 is 0 Å². The second-order valence-electron chi connectivity index (χ2n) is 4.32. The Morgan fingerprint density at radius 1 is 1.40 bits per heavy atom. The Morgan fingerprint density at radius 3 is 2.67 bits per heavy atom. The zero-order chi connectivity index (χ0) is 11.3. The summed E-state index contributed by atoms with van der Waals surface area (Å²) >= 11 is 0. The van der Waals surface area contributed by atoms with E-state index < -0.39 is 0 Å². The second kappa shape index (κ2) is 5.85. The first-order chi connectivity index (χ1) is 7.19. The predicted octanol–water partition coefficient (Wildman–Crippen LogP) is 1.77. The Kier molecular flexibility index (Phi) is 4.75. The van der Waals surface area contributed by atoms with Crippen molar-refractivity contribution in [2.45, 2.75) is 53.2 Å². The average molecular weight is 211 g/mol. The van der Waals surface area contributed by atoms with Crippen molar-refractivity contribution in [3.8, 4) is 0 Å². The van der Waals surface area contributed by atoms with Crippen LogP contribution in [0.3, 0.4) is 0 Å². The number of aliphatic hydroxyl groups excluding tert-OH is 1. The van der Waals surface area contributed by atoms with Crippen LogP contribution in [0.2, 0.25) is 0 Å². The molecule has 15 heavy (non-hydrogen) atoms. The lowest BCUT2D eigenvalue weighted by molar-refractivity contribution is 0.275. The summed E-state index contributed by atoms with van der Waals surface area (Å²) in [5.74, 6) is 0.554. The van der Waals surface area contributed by atoms with Crippen molar-refractivity contribution in [2.24, 2.45) is 5.92 Å². The SMILES string of the molecule is CCCCc1c(CO)nnn1CC(C)C. The Bertz CT molecular complexity index is 294. The van der Waals surface area contributed by atoms with Gasteiger partial charge in [-0.05, 0) is 18.8 Å². The van der Waals surface area contributed by atoms with Gasteiger partial charge in [-0.1, -0.05) is 32.4 Å². The van der Waals surface area contributed by atoms with E-state index in [-0.39, 0.29) is 6.61 Å². The van der Waals surface area contributed by atoms with Gasteiger partial charge in [-0.25, -0.2) is 4.68 Å². The first kappa shape index (κ1) is 12.2. The molecular formula is C11H21N3O. The fourth-order valence-corrected chi connectivity index (χ4v) is 1.60. The minimum absolute atomic E-state index is 0.00283. The van der Waals surface area contributed by atoms with Gasteiger partial charge in [0.05, 0.1) is 12.3 Å². The van der Waals surface area contributed by atoms with E-state index in [4.69, 9.17) is 5.11 Å². The molecule has 1 N–H and O–H groups in total. The molecule has 0 unspecified atom stereocenters. The molecule has 1 aromatic rings. The topological polar surface area (TPSA) is 50.9 Å². The van der Waals surface area contributed by atoms with Crippen LogP contribution in [0.1, 0.15) is 45.0 Å². The van der Waals surface area contributed by atoms with Gasteiger partial charge in [0, 0.05) is 6.54 Å². The molecule has 0 aliphatic rings. The highest BCUT2D eigenvalue weighted by molar-refractivity contribution is 5.09. The minimum atomic E-state index is -0.00283. The molecule has 0 saturated heterocycles. The van der Waals surface area contributed by atoms with Crippen LogP contribution in [-0.4, -0.2) is 20.1 Å². The molecule has 0 fully saturated rings. The van der Waals surface area contributed by atoms with Crippen LogP contribution >= 0.6 is 0 Å². The van der Waals surface area contributed by atoms with E-state index in [1.807, 2.05) is 4.68 Å². The summed E-state index contributed by atoms with van der Waals surface area (Å²) in [6.45, 7) is 7.35. The fraction of sp³-hybridized carbons (Fsp3) is 0.818. The Morgan fingerprint density at radius 2 is 2.13 bits per heavy atom. The van der Waals surface area contributed by atoms with Crippen molar-refractivity contribution in [1.82, 2.24) is 15.0 Å². The molecule has 1 rings (SSSR count). The molecule has 4 heteroatoms. The third kappa shape index (κ3) is 3.30. The van der Waals surface area contributed by atoms with E-state index in [1.54, 1.807) is 0 Å². The van der Waals surface area contributed by atoms with Gasteiger partial charge in [0.25, 0.3) is 0 Å². The molecule has 86 valence electrons. The molecule has 0 aliphatic carbocycles. The molecule has 1 aromatic heterocycles. The van der Waals surface area contributed by atoms with Gasteiger partial charge in [0.2, 0.25) is 0 Å². The summed E-state index contributed by atoms with van der Waals surface area (Å²) in [6, 6.07) is 0. The molecule has 0 atom stereocenters. The van der Waals surface area contributed by atoms with Gasteiger partial charge in [0.15, 0.2) is 0 Å². The standard InChI is InChI=1S/C11H21N3O/c1-4-5-6-11-10(8-15)12-13-14(11)7-9(2)3/h9,15H,4-8H2,1-3H3. The molecule has 0 aliphatic heterocycles.